The molecule has 0 aliphatic carbocycles. The molecule has 0 spiro atoms. The molecule has 0 rings (SSSR count). The van der Waals surface area contributed by atoms with Gasteiger partial charge >= 0.3 is 0 Å². The van der Waals surface area contributed by atoms with Crippen LogP contribution in [0.1, 0.15) is 39.5 Å². The number of hydrogen-bond donors (Lipinski definition) is 2. The minimum Gasteiger partial charge on any atom is -0.389 e. The zero-order chi connectivity index (χ0) is 12.9. The van der Waals surface area contributed by atoms with E-state index in [0.29, 0.717) is 13.2 Å². The summed E-state index contributed by atoms with van der Waals surface area (Å²) in [7, 11) is 1.68. The Morgan fingerprint density at radius 3 is 2.59 bits per heavy atom. The molecule has 2 atom stereocenters. The van der Waals surface area contributed by atoms with Gasteiger partial charge in [0.25, 0.3) is 0 Å². The lowest BCUT2D eigenvalue weighted by atomic mass is 10.2. The standard InChI is InChI=1S/C13H29NO3/c1-4-5-6-7-8-17-11-13(15)10-14-9-12(2)16-3/h12-15H,4-11H2,1-3H3. The molecule has 0 amide bonds. The van der Waals surface area contributed by atoms with Crippen LogP contribution in [-0.2, 0) is 9.47 Å². The SMILES string of the molecule is CCCCCCOCC(O)CNCC(C)OC. The van der Waals surface area contributed by atoms with E-state index in [9.17, 15) is 5.11 Å². The molecule has 0 saturated heterocycles. The molecule has 0 aliphatic heterocycles. The zero-order valence-corrected chi connectivity index (χ0v) is 11.6. The summed E-state index contributed by atoms with van der Waals surface area (Å²) in [5, 5.41) is 12.8. The molecular formula is C13H29NO3. The van der Waals surface area contributed by atoms with E-state index < -0.39 is 6.10 Å². The van der Waals surface area contributed by atoms with E-state index in [2.05, 4.69) is 12.2 Å². The minimum atomic E-state index is -0.426. The van der Waals surface area contributed by atoms with Crippen molar-refractivity contribution in [3.05, 3.63) is 0 Å². The van der Waals surface area contributed by atoms with Gasteiger partial charge in [-0.3, -0.25) is 0 Å². The van der Waals surface area contributed by atoms with Crippen LogP contribution in [0.15, 0.2) is 0 Å². The molecule has 0 fully saturated rings. The molecule has 0 aromatic heterocycles. The highest BCUT2D eigenvalue weighted by molar-refractivity contribution is 4.61. The normalized spacial score (nSPS) is 14.8. The summed E-state index contributed by atoms with van der Waals surface area (Å²) in [5.74, 6) is 0. The van der Waals surface area contributed by atoms with Gasteiger partial charge in [0, 0.05) is 26.8 Å². The van der Waals surface area contributed by atoms with Crippen LogP contribution in [0.5, 0.6) is 0 Å². The lowest BCUT2D eigenvalue weighted by Crippen LogP contribution is -2.35. The first kappa shape index (κ1) is 16.8. The number of nitrogens with one attached hydrogen (secondary N) is 1. The number of ether oxygens (including phenoxy) is 2. The molecule has 4 nitrogen and oxygen atoms in total. The average Bonchev–Trinajstić information content (AvgIpc) is 2.33. The van der Waals surface area contributed by atoms with E-state index in [1.54, 1.807) is 7.11 Å². The lowest BCUT2D eigenvalue weighted by molar-refractivity contribution is 0.0329. The number of unbranched alkanes of at least 4 members (excludes halogenated alkanes) is 3. The number of hydrogen-bond acceptors (Lipinski definition) is 4. The summed E-state index contributed by atoms with van der Waals surface area (Å²) < 4.78 is 10.5. The zero-order valence-electron chi connectivity index (χ0n) is 11.6. The summed E-state index contributed by atoms with van der Waals surface area (Å²) >= 11 is 0. The molecule has 2 N–H and O–H groups in total. The number of aliphatic hydroxyl groups excluding tert-OH is 1. The van der Waals surface area contributed by atoms with Gasteiger partial charge in [-0.1, -0.05) is 26.2 Å². The van der Waals surface area contributed by atoms with E-state index in [0.717, 1.165) is 19.6 Å². The van der Waals surface area contributed by atoms with Crippen LogP contribution in [0.4, 0.5) is 0 Å². The predicted octanol–water partition coefficient (Wildman–Crippen LogP) is 1.57. The Kier molecular flexibility index (Phi) is 12.2. The van der Waals surface area contributed by atoms with Crippen LogP contribution in [0.25, 0.3) is 0 Å². The van der Waals surface area contributed by atoms with Gasteiger partial charge in [0.05, 0.1) is 18.8 Å². The van der Waals surface area contributed by atoms with Crippen LogP contribution in [0.3, 0.4) is 0 Å². The lowest BCUT2D eigenvalue weighted by Gasteiger charge is -2.14. The van der Waals surface area contributed by atoms with E-state index in [1.807, 2.05) is 6.92 Å². The molecule has 104 valence electrons. The van der Waals surface area contributed by atoms with Gasteiger partial charge in [0.1, 0.15) is 0 Å². The van der Waals surface area contributed by atoms with Crippen molar-refractivity contribution in [3.63, 3.8) is 0 Å². The Hall–Kier alpha value is -0.160. The summed E-state index contributed by atoms with van der Waals surface area (Å²) in [5.41, 5.74) is 0. The van der Waals surface area contributed by atoms with E-state index >= 15 is 0 Å². The van der Waals surface area contributed by atoms with Crippen molar-refractivity contribution < 1.29 is 14.6 Å². The smallest absolute Gasteiger partial charge is 0.0897 e. The first-order valence-electron chi connectivity index (χ1n) is 6.70. The first-order valence-corrected chi connectivity index (χ1v) is 6.70. The van der Waals surface area contributed by atoms with Gasteiger partial charge in [0.15, 0.2) is 0 Å². The minimum absolute atomic E-state index is 0.178. The second kappa shape index (κ2) is 12.3. The maximum atomic E-state index is 9.61. The fourth-order valence-electron chi connectivity index (χ4n) is 1.45. The molecule has 0 aromatic rings. The largest absolute Gasteiger partial charge is 0.389 e. The Morgan fingerprint density at radius 2 is 1.94 bits per heavy atom. The maximum Gasteiger partial charge on any atom is 0.0897 e. The molecule has 0 heterocycles. The fourth-order valence-corrected chi connectivity index (χ4v) is 1.45. The third-order valence-electron chi connectivity index (χ3n) is 2.67. The van der Waals surface area contributed by atoms with Gasteiger partial charge in [-0.2, -0.15) is 0 Å². The topological polar surface area (TPSA) is 50.7 Å². The maximum absolute atomic E-state index is 9.61. The Morgan fingerprint density at radius 1 is 1.18 bits per heavy atom. The summed E-state index contributed by atoms with van der Waals surface area (Å²) in [6.45, 7) is 6.67. The Bertz CT molecular complexity index is 156. The molecule has 4 heteroatoms. The highest BCUT2D eigenvalue weighted by Crippen LogP contribution is 1.99. The monoisotopic (exact) mass is 247 g/mol. The first-order chi connectivity index (χ1) is 8.20. The van der Waals surface area contributed by atoms with Crippen molar-refractivity contribution in [1.29, 1.82) is 0 Å². The van der Waals surface area contributed by atoms with Crippen molar-refractivity contribution in [2.24, 2.45) is 0 Å². The second-order valence-corrected chi connectivity index (χ2v) is 4.49. The predicted molar refractivity (Wildman–Crippen MR) is 70.3 cm³/mol. The molecular weight excluding hydrogens is 218 g/mol. The summed E-state index contributed by atoms with van der Waals surface area (Å²) in [6, 6.07) is 0. The van der Waals surface area contributed by atoms with Crippen LogP contribution >= 0.6 is 0 Å². The molecule has 0 saturated carbocycles. The van der Waals surface area contributed by atoms with Crippen molar-refractivity contribution in [2.45, 2.75) is 51.7 Å². The number of methoxy groups -OCH3 is 1. The number of aliphatic hydroxyl groups is 1. The van der Waals surface area contributed by atoms with Crippen LogP contribution in [0, 0.1) is 0 Å². The fraction of sp³-hybridized carbons (Fsp3) is 1.00. The van der Waals surface area contributed by atoms with Crippen molar-refractivity contribution in [1.82, 2.24) is 5.32 Å². The molecule has 0 aliphatic rings. The molecule has 0 bridgehead atoms. The Labute approximate surface area is 106 Å². The van der Waals surface area contributed by atoms with Gasteiger partial charge in [-0.25, -0.2) is 0 Å². The molecule has 0 radical (unpaired) electrons. The summed E-state index contributed by atoms with van der Waals surface area (Å²) in [4.78, 5) is 0. The van der Waals surface area contributed by atoms with Crippen LogP contribution in [-0.4, -0.2) is 50.7 Å². The van der Waals surface area contributed by atoms with Gasteiger partial charge in [0.2, 0.25) is 0 Å². The van der Waals surface area contributed by atoms with Crippen molar-refractivity contribution >= 4 is 0 Å². The van der Waals surface area contributed by atoms with E-state index in [-0.39, 0.29) is 6.10 Å². The second-order valence-electron chi connectivity index (χ2n) is 4.49. The van der Waals surface area contributed by atoms with Gasteiger partial charge in [-0.15, -0.1) is 0 Å². The van der Waals surface area contributed by atoms with E-state index in [4.69, 9.17) is 9.47 Å². The van der Waals surface area contributed by atoms with E-state index in [1.165, 1.54) is 19.3 Å². The molecule has 2 unspecified atom stereocenters. The quantitative estimate of drug-likeness (QED) is 0.514. The third-order valence-corrected chi connectivity index (χ3v) is 2.67. The highest BCUT2D eigenvalue weighted by Gasteiger charge is 2.05. The average molecular weight is 247 g/mol. The van der Waals surface area contributed by atoms with Crippen molar-refractivity contribution in [2.75, 3.05) is 33.4 Å². The number of rotatable bonds is 12. The van der Waals surface area contributed by atoms with Crippen molar-refractivity contribution in [3.8, 4) is 0 Å². The van der Waals surface area contributed by atoms with Gasteiger partial charge in [-0.05, 0) is 13.3 Å². The third kappa shape index (κ3) is 12.1. The molecule has 0 aromatic carbocycles. The van der Waals surface area contributed by atoms with Crippen LogP contribution < -0.4 is 5.32 Å². The van der Waals surface area contributed by atoms with Gasteiger partial charge < -0.3 is 19.9 Å². The summed E-state index contributed by atoms with van der Waals surface area (Å²) in [6.07, 6.45) is 4.57. The Balaban J connectivity index is 3.20. The highest BCUT2D eigenvalue weighted by atomic mass is 16.5. The molecule has 17 heavy (non-hydrogen) atoms. The van der Waals surface area contributed by atoms with Crippen LogP contribution in [0.2, 0.25) is 0 Å².